The summed E-state index contributed by atoms with van der Waals surface area (Å²) in [7, 11) is 0. The summed E-state index contributed by atoms with van der Waals surface area (Å²) in [6, 6.07) is 13.3. The van der Waals surface area contributed by atoms with Crippen LogP contribution in [0.1, 0.15) is 21.9 Å². The Morgan fingerprint density at radius 2 is 1.90 bits per heavy atom. The van der Waals surface area contributed by atoms with Gasteiger partial charge < -0.3 is 10.2 Å². The van der Waals surface area contributed by atoms with E-state index in [1.807, 2.05) is 24.3 Å². The topological polar surface area (TPSA) is 41.1 Å². The van der Waals surface area contributed by atoms with Gasteiger partial charge in [0.2, 0.25) is 0 Å². The van der Waals surface area contributed by atoms with Gasteiger partial charge in [0.15, 0.2) is 0 Å². The summed E-state index contributed by atoms with van der Waals surface area (Å²) < 4.78 is 39.1. The van der Waals surface area contributed by atoms with E-state index in [0.717, 1.165) is 23.1 Å². The summed E-state index contributed by atoms with van der Waals surface area (Å²) in [5, 5.41) is 3.33. The predicted molar refractivity (Wildman–Crippen MR) is 110 cm³/mol. The number of hydrogen-bond donors (Lipinski definition) is 1. The van der Waals surface area contributed by atoms with E-state index >= 15 is 0 Å². The lowest BCUT2D eigenvalue weighted by Crippen LogP contribution is -2.21. The monoisotopic (exact) mass is 416 g/mol. The molecule has 0 radical (unpaired) electrons. The molecule has 29 heavy (non-hydrogen) atoms. The number of rotatable bonds is 5. The molecule has 150 valence electrons. The first-order valence-corrected chi connectivity index (χ1v) is 10.2. The van der Waals surface area contributed by atoms with E-state index in [1.54, 1.807) is 36.4 Å². The lowest BCUT2D eigenvalue weighted by molar-refractivity contribution is -0.137. The van der Waals surface area contributed by atoms with E-state index in [9.17, 15) is 13.2 Å². The average Bonchev–Trinajstić information content (AvgIpc) is 3.23. The summed E-state index contributed by atoms with van der Waals surface area (Å²) in [6.07, 6.45) is 0.887. The zero-order valence-electron chi connectivity index (χ0n) is 15.4. The highest BCUT2D eigenvalue weighted by Gasteiger charge is 2.32. The first kappa shape index (κ1) is 19.6. The van der Waals surface area contributed by atoms with Gasteiger partial charge in [-0.05, 0) is 41.5 Å². The fourth-order valence-electron chi connectivity index (χ4n) is 3.24. The molecule has 0 amide bonds. The molecule has 0 saturated carbocycles. The van der Waals surface area contributed by atoms with Crippen molar-refractivity contribution >= 4 is 23.3 Å². The van der Waals surface area contributed by atoms with Crippen molar-refractivity contribution in [3.8, 4) is 0 Å². The van der Waals surface area contributed by atoms with Crippen molar-refractivity contribution in [2.24, 2.45) is 0 Å². The van der Waals surface area contributed by atoms with Gasteiger partial charge in [0, 0.05) is 36.9 Å². The molecule has 1 fully saturated rings. The summed E-state index contributed by atoms with van der Waals surface area (Å²) in [5.74, 6) is 1.45. The second kappa shape index (κ2) is 8.32. The number of halogens is 3. The van der Waals surface area contributed by atoms with Gasteiger partial charge in [0.1, 0.15) is 5.82 Å². The highest BCUT2D eigenvalue weighted by atomic mass is 32.2. The molecule has 1 aromatic carbocycles. The molecule has 3 heterocycles. The van der Waals surface area contributed by atoms with Crippen molar-refractivity contribution < 1.29 is 13.2 Å². The molecule has 1 N–H and O–H groups in total. The van der Waals surface area contributed by atoms with Crippen LogP contribution in [-0.2, 0) is 12.7 Å². The Labute approximate surface area is 171 Å². The molecular formula is C21H19F3N4S. The molecule has 1 saturated heterocycles. The van der Waals surface area contributed by atoms with Crippen molar-refractivity contribution in [2.75, 3.05) is 22.6 Å². The Kier molecular flexibility index (Phi) is 5.62. The molecule has 4 rings (SSSR count). The maximum Gasteiger partial charge on any atom is 0.416 e. The van der Waals surface area contributed by atoms with Crippen molar-refractivity contribution in [3.63, 3.8) is 0 Å². The summed E-state index contributed by atoms with van der Waals surface area (Å²) >= 11 is 1.64. The van der Waals surface area contributed by atoms with E-state index in [-0.39, 0.29) is 5.25 Å². The van der Waals surface area contributed by atoms with Gasteiger partial charge in [-0.15, -0.1) is 11.8 Å². The summed E-state index contributed by atoms with van der Waals surface area (Å²) in [4.78, 5) is 10.6. The molecule has 3 aromatic rings. The zero-order chi connectivity index (χ0) is 20.3. The standard InChI is InChI=1S/C21H19F3N4S/c22-21(23,24)17-4-1-3-16(11-17)19-13-28(14-29-19)18-5-2-8-26-20(18)27-12-15-6-9-25-10-7-15/h1-11,19H,12-14H2,(H,26,27). The van der Waals surface area contributed by atoms with Gasteiger partial charge in [-0.2, -0.15) is 13.2 Å². The van der Waals surface area contributed by atoms with Crippen LogP contribution in [0.15, 0.2) is 67.1 Å². The van der Waals surface area contributed by atoms with Crippen LogP contribution in [0.25, 0.3) is 0 Å². The second-order valence-corrected chi connectivity index (χ2v) is 7.87. The molecular weight excluding hydrogens is 397 g/mol. The number of thioether (sulfide) groups is 1. The fraction of sp³-hybridized carbons (Fsp3) is 0.238. The van der Waals surface area contributed by atoms with Crippen molar-refractivity contribution in [3.05, 3.63) is 83.8 Å². The highest BCUT2D eigenvalue weighted by molar-refractivity contribution is 7.99. The quantitative estimate of drug-likeness (QED) is 0.606. The molecule has 8 heteroatoms. The smallest absolute Gasteiger partial charge is 0.364 e. The SMILES string of the molecule is FC(F)(F)c1cccc(C2CN(c3cccnc3NCc3ccncc3)CS2)c1. The Balaban J connectivity index is 1.48. The average molecular weight is 416 g/mol. The predicted octanol–water partition coefficient (Wildman–Crippen LogP) is 5.36. The van der Waals surface area contributed by atoms with Crippen molar-refractivity contribution in [1.82, 2.24) is 9.97 Å². The lowest BCUT2D eigenvalue weighted by atomic mass is 10.1. The maximum atomic E-state index is 13.0. The highest BCUT2D eigenvalue weighted by Crippen LogP contribution is 2.41. The maximum absolute atomic E-state index is 13.0. The molecule has 1 aliphatic rings. The largest absolute Gasteiger partial charge is 0.416 e. The Hall–Kier alpha value is -2.74. The minimum atomic E-state index is -4.33. The van der Waals surface area contributed by atoms with Crippen LogP contribution in [0.5, 0.6) is 0 Å². The van der Waals surface area contributed by atoms with Gasteiger partial charge in [0.25, 0.3) is 0 Å². The van der Waals surface area contributed by atoms with Gasteiger partial charge in [-0.25, -0.2) is 4.98 Å². The van der Waals surface area contributed by atoms with E-state index in [2.05, 4.69) is 20.2 Å². The molecule has 1 unspecified atom stereocenters. The van der Waals surface area contributed by atoms with E-state index < -0.39 is 11.7 Å². The molecule has 0 aliphatic carbocycles. The third-order valence-corrected chi connectivity index (χ3v) is 6.02. The number of benzene rings is 1. The molecule has 1 atom stereocenters. The summed E-state index contributed by atoms with van der Waals surface area (Å²) in [6.45, 7) is 1.24. The molecule has 1 aliphatic heterocycles. The number of alkyl halides is 3. The molecule has 0 spiro atoms. The normalized spacial score (nSPS) is 16.8. The van der Waals surface area contributed by atoms with Crippen LogP contribution < -0.4 is 10.2 Å². The van der Waals surface area contributed by atoms with Gasteiger partial charge in [-0.1, -0.05) is 18.2 Å². The second-order valence-electron chi connectivity index (χ2n) is 6.71. The van der Waals surface area contributed by atoms with Crippen LogP contribution >= 0.6 is 11.8 Å². The number of nitrogens with one attached hydrogen (secondary N) is 1. The molecule has 4 nitrogen and oxygen atoms in total. The zero-order valence-corrected chi connectivity index (χ0v) is 16.2. The Morgan fingerprint density at radius 1 is 1.07 bits per heavy atom. The van der Waals surface area contributed by atoms with Crippen molar-refractivity contribution in [1.29, 1.82) is 0 Å². The summed E-state index contributed by atoms with van der Waals surface area (Å²) in [5.41, 5.74) is 2.13. The van der Waals surface area contributed by atoms with Gasteiger partial charge >= 0.3 is 6.18 Å². The Bertz CT molecular complexity index is 965. The number of anilines is 2. The van der Waals surface area contributed by atoms with Crippen LogP contribution in [0.4, 0.5) is 24.7 Å². The first-order valence-electron chi connectivity index (χ1n) is 9.12. The Morgan fingerprint density at radius 3 is 2.69 bits per heavy atom. The van der Waals surface area contributed by atoms with E-state index in [4.69, 9.17) is 0 Å². The van der Waals surface area contributed by atoms with Crippen LogP contribution in [0, 0.1) is 0 Å². The minimum Gasteiger partial charge on any atom is -0.364 e. The fourth-order valence-corrected chi connectivity index (χ4v) is 4.47. The van der Waals surface area contributed by atoms with Crippen molar-refractivity contribution in [2.45, 2.75) is 18.0 Å². The number of pyridine rings is 2. The number of hydrogen-bond acceptors (Lipinski definition) is 5. The minimum absolute atomic E-state index is 0.0226. The van der Waals surface area contributed by atoms with Gasteiger partial charge in [0.05, 0.1) is 17.1 Å². The van der Waals surface area contributed by atoms with Crippen LogP contribution in [0.2, 0.25) is 0 Å². The molecule has 2 aromatic heterocycles. The first-order chi connectivity index (χ1) is 14.0. The third-order valence-electron chi connectivity index (χ3n) is 4.74. The van der Waals surface area contributed by atoms with Crippen LogP contribution in [0.3, 0.4) is 0 Å². The van der Waals surface area contributed by atoms with Gasteiger partial charge in [-0.3, -0.25) is 4.98 Å². The number of aromatic nitrogens is 2. The molecule has 0 bridgehead atoms. The lowest BCUT2D eigenvalue weighted by Gasteiger charge is -2.21. The number of nitrogens with zero attached hydrogens (tertiary/aromatic N) is 3. The third kappa shape index (κ3) is 4.64. The van der Waals surface area contributed by atoms with Crippen LogP contribution in [-0.4, -0.2) is 22.4 Å². The van der Waals surface area contributed by atoms with E-state index in [0.29, 0.717) is 24.5 Å². The van der Waals surface area contributed by atoms with E-state index in [1.165, 1.54) is 12.1 Å².